The largest absolute Gasteiger partial charge is 0.491 e. The van der Waals surface area contributed by atoms with Crippen molar-refractivity contribution >= 4 is 35.5 Å². The molecule has 3 amide bonds. The van der Waals surface area contributed by atoms with Crippen molar-refractivity contribution in [3.8, 4) is 5.75 Å². The van der Waals surface area contributed by atoms with E-state index in [0.717, 1.165) is 43.9 Å². The first kappa shape index (κ1) is 41.0. The zero-order valence-electron chi connectivity index (χ0n) is 30.0. The van der Waals surface area contributed by atoms with Crippen molar-refractivity contribution < 1.29 is 51.0 Å². The van der Waals surface area contributed by atoms with Gasteiger partial charge in [0.2, 0.25) is 21.8 Å². The Bertz CT molecular complexity index is 1460. The van der Waals surface area contributed by atoms with Crippen LogP contribution in [0.2, 0.25) is 0 Å². The number of fused-ring (bicyclic) bond motifs is 1. The van der Waals surface area contributed by atoms with Crippen LogP contribution in [0.15, 0.2) is 24.3 Å². The smallest absolute Gasteiger partial charge is 0.408 e. The van der Waals surface area contributed by atoms with E-state index in [1.54, 1.807) is 18.7 Å². The zero-order chi connectivity index (χ0) is 37.0. The number of hydrogen-bond acceptors (Lipinski definition) is 11. The van der Waals surface area contributed by atoms with Crippen molar-refractivity contribution in [1.82, 2.24) is 19.8 Å². The third-order valence-corrected chi connectivity index (χ3v) is 13.2. The lowest BCUT2D eigenvalue weighted by Crippen LogP contribution is -2.54. The van der Waals surface area contributed by atoms with Crippen molar-refractivity contribution in [1.29, 1.82) is 0 Å². The lowest BCUT2D eigenvalue weighted by Gasteiger charge is -2.33. The number of alkyl carbamates (subject to hydrolysis) is 1. The van der Waals surface area contributed by atoms with Gasteiger partial charge in [0.1, 0.15) is 24.5 Å². The molecule has 1 aromatic carbocycles. The molecule has 0 aromatic heterocycles. The van der Waals surface area contributed by atoms with Crippen LogP contribution in [-0.2, 0) is 44.5 Å². The topological polar surface area (TPSA) is 190 Å². The van der Waals surface area contributed by atoms with Crippen molar-refractivity contribution in [2.45, 2.75) is 109 Å². The Morgan fingerprint density at radius 1 is 1.00 bits per heavy atom. The number of nitrogens with one attached hydrogen (secondary N) is 2. The Morgan fingerprint density at radius 2 is 1.67 bits per heavy atom. The maximum absolute atomic E-state index is 14.0. The molecule has 1 saturated heterocycles. The molecule has 0 radical (unpaired) electrons. The predicted molar refractivity (Wildman–Crippen MR) is 189 cm³/mol. The summed E-state index contributed by atoms with van der Waals surface area (Å²) in [5, 5.41) is 17.0. The molecule has 1 aromatic rings. The Balaban J connectivity index is 1.48. The quantitative estimate of drug-likeness (QED) is 0.208. The van der Waals surface area contributed by atoms with Gasteiger partial charge in [0, 0.05) is 31.6 Å². The van der Waals surface area contributed by atoms with Gasteiger partial charge in [0.15, 0.2) is 5.85 Å². The normalized spacial score (nSPS) is 19.9. The number of ether oxygens (including phenoxy) is 2. The fourth-order valence-corrected chi connectivity index (χ4v) is 9.56. The highest BCUT2D eigenvalue weighted by Crippen LogP contribution is 2.53. The number of rotatable bonds is 16. The minimum absolute atomic E-state index is 0.0259. The molecular weight excluding hydrogens is 703 g/mol. The molecule has 15 nitrogen and oxygen atoms in total. The summed E-state index contributed by atoms with van der Waals surface area (Å²) in [5.74, 6) is -1.81. The first-order valence-electron chi connectivity index (χ1n) is 18.1. The van der Waals surface area contributed by atoms with E-state index in [4.69, 9.17) is 18.5 Å². The Morgan fingerprint density at radius 3 is 2.31 bits per heavy atom. The first-order chi connectivity index (χ1) is 24.3. The van der Waals surface area contributed by atoms with E-state index in [1.807, 2.05) is 24.3 Å². The molecule has 3 aliphatic rings. The molecule has 1 saturated carbocycles. The molecule has 0 bridgehead atoms. The number of benzene rings is 1. The number of nitrogens with zero attached hydrogens (tertiary/aromatic N) is 2. The van der Waals surface area contributed by atoms with Gasteiger partial charge >= 0.3 is 13.7 Å². The minimum atomic E-state index is -4.16. The highest BCUT2D eigenvalue weighted by molar-refractivity contribution is 7.88. The summed E-state index contributed by atoms with van der Waals surface area (Å²) in [6, 6.07) is 5.18. The van der Waals surface area contributed by atoms with E-state index in [2.05, 4.69) is 10.6 Å². The third kappa shape index (κ3) is 12.1. The van der Waals surface area contributed by atoms with Crippen LogP contribution in [0.5, 0.6) is 5.75 Å². The van der Waals surface area contributed by atoms with Gasteiger partial charge in [-0.3, -0.25) is 14.2 Å². The Labute approximate surface area is 301 Å². The summed E-state index contributed by atoms with van der Waals surface area (Å²) < 4.78 is 61.2. The van der Waals surface area contributed by atoms with Gasteiger partial charge in [-0.25, -0.2) is 17.5 Å². The van der Waals surface area contributed by atoms with Gasteiger partial charge < -0.3 is 39.2 Å². The fraction of sp³-hybridized carbons (Fsp3) is 0.735. The molecule has 17 heteroatoms. The van der Waals surface area contributed by atoms with Gasteiger partial charge in [-0.2, -0.15) is 0 Å². The second-order valence-corrected chi connectivity index (χ2v) is 17.5. The number of para-hydroxylation sites is 1. The lowest BCUT2D eigenvalue weighted by atomic mass is 9.84. The first-order valence-corrected chi connectivity index (χ1v) is 21.6. The molecular formula is C34H55N4O11PS. The molecule has 3 N–H and O–H groups in total. The maximum Gasteiger partial charge on any atom is 0.408 e. The summed E-state index contributed by atoms with van der Waals surface area (Å²) in [6.45, 7) is 4.57. The molecule has 0 spiro atoms. The number of sulfonamides is 1. The molecule has 3 atom stereocenters. The number of aliphatic hydroxyl groups is 1. The standard InChI is InChI=1S/C34H55N4O11PS/c1-4-47-50(43,48-5-2)33(41)28(15-16-31(39)37-21-22-46-30-14-10-9-13-26(30)24-37)35-32(40)29(23-25-11-7-6-8-12-25)36-34(42)49-27-17-19-38(20-18-27)51(3,44)45/h9-10,13-14,25,27-29,33,41H,4-8,11-12,15-24H2,1-3H3,(H,35,40)(H,36,42)/t28-,29-,33?/m0/s1. The number of piperidine rings is 1. The van der Waals surface area contributed by atoms with Gasteiger partial charge in [-0.15, -0.1) is 0 Å². The summed E-state index contributed by atoms with van der Waals surface area (Å²) in [5.41, 5.74) is 0.856. The van der Waals surface area contributed by atoms with E-state index in [0.29, 0.717) is 44.7 Å². The average Bonchev–Trinajstić information content (AvgIpc) is 3.32. The van der Waals surface area contributed by atoms with Crippen LogP contribution >= 0.6 is 7.60 Å². The van der Waals surface area contributed by atoms with Crippen LogP contribution in [0.25, 0.3) is 0 Å². The Kier molecular flexibility index (Phi) is 15.6. The highest BCUT2D eigenvalue weighted by Gasteiger charge is 2.42. The summed E-state index contributed by atoms with van der Waals surface area (Å²) in [6.07, 6.45) is 5.44. The maximum atomic E-state index is 14.0. The van der Waals surface area contributed by atoms with E-state index in [9.17, 15) is 32.5 Å². The van der Waals surface area contributed by atoms with Crippen LogP contribution in [0, 0.1) is 5.92 Å². The molecule has 1 unspecified atom stereocenters. The monoisotopic (exact) mass is 758 g/mol. The predicted octanol–water partition coefficient (Wildman–Crippen LogP) is 3.75. The third-order valence-electron chi connectivity index (χ3n) is 9.65. The number of carbonyl (C=O) groups is 3. The van der Waals surface area contributed by atoms with Gasteiger partial charge in [0.05, 0.1) is 32.1 Å². The van der Waals surface area contributed by atoms with Gasteiger partial charge in [0.25, 0.3) is 0 Å². The number of aliphatic hydroxyl groups excluding tert-OH is 1. The molecule has 51 heavy (non-hydrogen) atoms. The molecule has 2 fully saturated rings. The SMILES string of the molecule is CCOP(=O)(OCC)C(O)[C@H](CCC(=O)N1CCOc2ccccc2C1)NC(=O)[C@H](CC1CCCCC1)NC(=O)OC1CCN(S(C)(=O)=O)CC1. The van der Waals surface area contributed by atoms with Crippen LogP contribution < -0.4 is 15.4 Å². The fourth-order valence-electron chi connectivity index (χ4n) is 6.92. The van der Waals surface area contributed by atoms with Crippen molar-refractivity contribution in [2.24, 2.45) is 5.92 Å². The molecule has 1 aliphatic carbocycles. The molecule has 2 aliphatic heterocycles. The summed E-state index contributed by atoms with van der Waals surface area (Å²) in [4.78, 5) is 42.4. The molecule has 4 rings (SSSR count). The second-order valence-electron chi connectivity index (χ2n) is 13.4. The molecule has 288 valence electrons. The van der Waals surface area contributed by atoms with Crippen LogP contribution in [-0.4, -0.2) is 110 Å². The van der Waals surface area contributed by atoms with Crippen molar-refractivity contribution in [2.75, 3.05) is 45.7 Å². The van der Waals surface area contributed by atoms with Crippen LogP contribution in [0.4, 0.5) is 4.79 Å². The highest BCUT2D eigenvalue weighted by atomic mass is 32.2. The number of carbonyl (C=O) groups excluding carboxylic acids is 3. The summed E-state index contributed by atoms with van der Waals surface area (Å²) >= 11 is 0. The van der Waals surface area contributed by atoms with E-state index < -0.39 is 53.7 Å². The minimum Gasteiger partial charge on any atom is -0.491 e. The van der Waals surface area contributed by atoms with Gasteiger partial charge in [-0.05, 0) is 51.5 Å². The molecule has 2 heterocycles. The number of amides is 3. The van der Waals surface area contributed by atoms with Crippen molar-refractivity contribution in [3.63, 3.8) is 0 Å². The van der Waals surface area contributed by atoms with Gasteiger partial charge in [-0.1, -0.05) is 50.3 Å². The van der Waals surface area contributed by atoms with E-state index >= 15 is 0 Å². The Hall–Kier alpha value is -2.75. The van der Waals surface area contributed by atoms with Crippen LogP contribution in [0.1, 0.15) is 83.6 Å². The lowest BCUT2D eigenvalue weighted by molar-refractivity contribution is -0.133. The van der Waals surface area contributed by atoms with Crippen LogP contribution in [0.3, 0.4) is 0 Å². The average molecular weight is 759 g/mol. The zero-order valence-corrected chi connectivity index (χ0v) is 31.7. The second kappa shape index (κ2) is 19.4. The summed E-state index contributed by atoms with van der Waals surface area (Å²) in [7, 11) is -7.52. The van der Waals surface area contributed by atoms with E-state index in [-0.39, 0.29) is 51.0 Å². The van der Waals surface area contributed by atoms with E-state index in [1.165, 1.54) is 4.31 Å². The van der Waals surface area contributed by atoms with Crippen molar-refractivity contribution in [3.05, 3.63) is 29.8 Å². The number of hydrogen-bond donors (Lipinski definition) is 3.